The first kappa shape index (κ1) is 17.1. The van der Waals surface area contributed by atoms with Gasteiger partial charge in [-0.25, -0.2) is 4.98 Å². The molecule has 0 bridgehead atoms. The van der Waals surface area contributed by atoms with Gasteiger partial charge >= 0.3 is 0 Å². The summed E-state index contributed by atoms with van der Waals surface area (Å²) in [6, 6.07) is 2.10. The van der Waals surface area contributed by atoms with Crippen LogP contribution in [0.25, 0.3) is 24.3 Å². The zero-order chi connectivity index (χ0) is 14.7. The maximum Gasteiger partial charge on any atom is 0.0703 e. The summed E-state index contributed by atoms with van der Waals surface area (Å²) in [5, 5.41) is 2.17. The highest BCUT2D eigenvalue weighted by Gasteiger charge is 1.98. The van der Waals surface area contributed by atoms with Crippen molar-refractivity contribution in [1.82, 2.24) is 4.98 Å². The number of allylic oxidation sites excluding steroid dienone is 2. The normalized spacial score (nSPS) is 10.9. The van der Waals surface area contributed by atoms with Crippen molar-refractivity contribution >= 4 is 24.3 Å². The van der Waals surface area contributed by atoms with Crippen LogP contribution in [0, 0.1) is 0 Å². The maximum atomic E-state index is 4.55. The number of hydrogen-bond acceptors (Lipinski definition) is 1. The van der Waals surface area contributed by atoms with Crippen molar-refractivity contribution in [3.05, 3.63) is 53.2 Å². The van der Waals surface area contributed by atoms with Crippen molar-refractivity contribution in [2.45, 2.75) is 34.1 Å². The van der Waals surface area contributed by atoms with E-state index >= 15 is 0 Å². The van der Waals surface area contributed by atoms with Crippen molar-refractivity contribution in [2.75, 3.05) is 0 Å². The minimum absolute atomic E-state index is 0.898. The van der Waals surface area contributed by atoms with E-state index in [1.54, 1.807) is 6.08 Å². The minimum atomic E-state index is 0.898. The molecular weight excluding hydrogens is 230 g/mol. The Kier molecular flexibility index (Phi) is 9.07. The third kappa shape index (κ3) is 4.70. The predicted molar refractivity (Wildman–Crippen MR) is 89.1 cm³/mol. The maximum absolute atomic E-state index is 4.55. The van der Waals surface area contributed by atoms with E-state index in [1.165, 1.54) is 0 Å². The van der Waals surface area contributed by atoms with E-state index < -0.39 is 0 Å². The Hall–Kier alpha value is -1.89. The van der Waals surface area contributed by atoms with Gasteiger partial charge in [0.15, 0.2) is 0 Å². The second-order valence-corrected chi connectivity index (χ2v) is 3.38. The lowest BCUT2D eigenvalue weighted by Crippen LogP contribution is -2.28. The van der Waals surface area contributed by atoms with Gasteiger partial charge in [-0.3, -0.25) is 0 Å². The average Bonchev–Trinajstić information content (AvgIpc) is 2.74. The molecule has 0 N–H and O–H groups in total. The Morgan fingerprint density at radius 1 is 1.11 bits per heavy atom. The molecule has 1 heteroatoms. The molecule has 1 aromatic heterocycles. The van der Waals surface area contributed by atoms with Gasteiger partial charge in [-0.1, -0.05) is 71.2 Å². The van der Waals surface area contributed by atoms with Gasteiger partial charge in [-0.2, -0.15) is 0 Å². The molecule has 19 heavy (non-hydrogen) atoms. The van der Waals surface area contributed by atoms with Crippen LogP contribution in [0.5, 0.6) is 0 Å². The molecule has 0 spiro atoms. The molecule has 0 saturated heterocycles. The summed E-state index contributed by atoms with van der Waals surface area (Å²) in [7, 11) is 0. The Balaban J connectivity index is 0.000000741. The summed E-state index contributed by atoms with van der Waals surface area (Å²) >= 11 is 0. The molecule has 1 aliphatic rings. The summed E-state index contributed by atoms with van der Waals surface area (Å²) < 4.78 is 0. The van der Waals surface area contributed by atoms with E-state index in [2.05, 4.69) is 48.5 Å². The molecule has 0 unspecified atom stereocenters. The van der Waals surface area contributed by atoms with Gasteiger partial charge in [-0.15, -0.1) is 0 Å². The summed E-state index contributed by atoms with van der Waals surface area (Å²) in [5.41, 5.74) is 1.93. The van der Waals surface area contributed by atoms with E-state index in [9.17, 15) is 0 Å². The lowest BCUT2D eigenvalue weighted by Gasteiger charge is -2.00. The fourth-order valence-corrected chi connectivity index (χ4v) is 1.63. The Morgan fingerprint density at radius 2 is 1.79 bits per heavy atom. The third-order valence-electron chi connectivity index (χ3n) is 2.42. The van der Waals surface area contributed by atoms with E-state index in [0.717, 1.165) is 28.2 Å². The Morgan fingerprint density at radius 3 is 2.37 bits per heavy atom. The van der Waals surface area contributed by atoms with Crippen molar-refractivity contribution in [2.24, 2.45) is 0 Å². The monoisotopic (exact) mass is 255 g/mol. The summed E-state index contributed by atoms with van der Waals surface area (Å²) in [6.45, 7) is 15.5. The number of hydrogen-bond donors (Lipinski definition) is 0. The van der Waals surface area contributed by atoms with Crippen molar-refractivity contribution in [1.29, 1.82) is 0 Å². The SMILES string of the molecule is C=Cc1cc2c(nc1C=C)=CCC=CC=2.CC.CC. The van der Waals surface area contributed by atoms with Crippen LogP contribution >= 0.6 is 0 Å². The molecular formula is C18H25N. The number of aromatic nitrogens is 1. The van der Waals surface area contributed by atoms with Crippen molar-refractivity contribution in [3.8, 4) is 0 Å². The van der Waals surface area contributed by atoms with E-state index in [-0.39, 0.29) is 0 Å². The van der Waals surface area contributed by atoms with E-state index in [0.29, 0.717) is 0 Å². The second kappa shape index (κ2) is 10.1. The van der Waals surface area contributed by atoms with Crippen LogP contribution in [0.4, 0.5) is 0 Å². The van der Waals surface area contributed by atoms with Gasteiger partial charge in [0.2, 0.25) is 0 Å². The third-order valence-corrected chi connectivity index (χ3v) is 2.42. The Bertz CT molecular complexity index is 548. The number of fused-ring (bicyclic) bond motifs is 1. The quantitative estimate of drug-likeness (QED) is 0.780. The molecule has 1 nitrogen and oxygen atoms in total. The number of nitrogens with zero attached hydrogens (tertiary/aromatic N) is 1. The van der Waals surface area contributed by atoms with Crippen LogP contribution in [-0.4, -0.2) is 4.98 Å². The largest absolute Gasteiger partial charge is 0.248 e. The number of pyridine rings is 1. The van der Waals surface area contributed by atoms with Crippen molar-refractivity contribution < 1.29 is 0 Å². The van der Waals surface area contributed by atoms with Gasteiger partial charge in [-0.05, 0) is 18.6 Å². The standard InChI is InChI=1S/C14H13N.2C2H6/c1-3-11-10-12-8-6-5-7-9-14(12)15-13(11)4-2;2*1-2/h3-6,8-10H,1-2,7H2;2*1-2H3. The van der Waals surface area contributed by atoms with Crippen LogP contribution in [0.15, 0.2) is 31.4 Å². The van der Waals surface area contributed by atoms with Gasteiger partial charge in [0.1, 0.15) is 0 Å². The summed E-state index contributed by atoms with van der Waals surface area (Å²) in [4.78, 5) is 4.55. The van der Waals surface area contributed by atoms with Crippen molar-refractivity contribution in [3.63, 3.8) is 0 Å². The minimum Gasteiger partial charge on any atom is -0.248 e. The second-order valence-electron chi connectivity index (χ2n) is 3.38. The van der Waals surface area contributed by atoms with Crippen LogP contribution in [-0.2, 0) is 0 Å². The summed E-state index contributed by atoms with van der Waals surface area (Å²) in [5.74, 6) is 0. The lowest BCUT2D eigenvalue weighted by atomic mass is 10.1. The molecule has 0 radical (unpaired) electrons. The smallest absolute Gasteiger partial charge is 0.0703 e. The molecule has 102 valence electrons. The fraction of sp³-hybridized carbons (Fsp3) is 0.278. The van der Waals surface area contributed by atoms with E-state index in [1.807, 2.05) is 33.8 Å². The summed E-state index contributed by atoms with van der Waals surface area (Å²) in [6.07, 6.45) is 12.9. The van der Waals surface area contributed by atoms with Gasteiger partial charge in [0.25, 0.3) is 0 Å². The molecule has 0 atom stereocenters. The van der Waals surface area contributed by atoms with Crippen LogP contribution in [0.2, 0.25) is 0 Å². The first-order valence-electron chi connectivity index (χ1n) is 6.98. The van der Waals surface area contributed by atoms with Crippen LogP contribution in [0.3, 0.4) is 0 Å². The molecule has 0 saturated carbocycles. The highest BCUT2D eigenvalue weighted by atomic mass is 14.7. The molecule has 1 aromatic rings. The van der Waals surface area contributed by atoms with Gasteiger partial charge in [0.05, 0.1) is 11.0 Å². The molecule has 2 rings (SSSR count). The molecule has 0 aliphatic heterocycles. The molecule has 0 amide bonds. The first-order valence-corrected chi connectivity index (χ1v) is 6.98. The van der Waals surface area contributed by atoms with Crippen LogP contribution < -0.4 is 10.6 Å². The topological polar surface area (TPSA) is 12.9 Å². The van der Waals surface area contributed by atoms with Crippen LogP contribution in [0.1, 0.15) is 45.4 Å². The zero-order valence-electron chi connectivity index (χ0n) is 12.6. The highest BCUT2D eigenvalue weighted by molar-refractivity contribution is 5.61. The van der Waals surface area contributed by atoms with E-state index in [4.69, 9.17) is 0 Å². The van der Waals surface area contributed by atoms with Gasteiger partial charge < -0.3 is 0 Å². The predicted octanol–water partition coefficient (Wildman–Crippen LogP) is 3.94. The molecule has 1 aliphatic carbocycles. The number of rotatable bonds is 2. The first-order chi connectivity index (χ1) is 9.35. The van der Waals surface area contributed by atoms with Gasteiger partial charge in [0, 0.05) is 10.8 Å². The molecule has 0 fully saturated rings. The average molecular weight is 255 g/mol. The Labute approximate surface area is 117 Å². The lowest BCUT2D eigenvalue weighted by molar-refractivity contribution is 1.18. The zero-order valence-corrected chi connectivity index (χ0v) is 12.6. The molecule has 0 aromatic carbocycles. The molecule has 1 heterocycles. The highest BCUT2D eigenvalue weighted by Crippen LogP contribution is 2.04. The fourth-order valence-electron chi connectivity index (χ4n) is 1.63.